The highest BCUT2D eigenvalue weighted by Crippen LogP contribution is 2.18. The van der Waals surface area contributed by atoms with Crippen LogP contribution in [0.3, 0.4) is 0 Å². The Labute approximate surface area is 87.6 Å². The molecule has 0 spiro atoms. The van der Waals surface area contributed by atoms with Gasteiger partial charge in [-0.1, -0.05) is 18.2 Å². The first-order valence-corrected chi connectivity index (χ1v) is 5.50. The summed E-state index contributed by atoms with van der Waals surface area (Å²) in [6.45, 7) is 2.11. The van der Waals surface area contributed by atoms with Crippen molar-refractivity contribution in [2.24, 2.45) is 0 Å². The van der Waals surface area contributed by atoms with Crippen LogP contribution in [0.2, 0.25) is 0 Å². The fraction of sp³-hybridized carbons (Fsp3) is 0.182. The van der Waals surface area contributed by atoms with Crippen molar-refractivity contribution in [3.63, 3.8) is 0 Å². The molecule has 0 saturated heterocycles. The Bertz CT molecular complexity index is 369. The summed E-state index contributed by atoms with van der Waals surface area (Å²) >= 11 is 1.63. The van der Waals surface area contributed by atoms with Crippen molar-refractivity contribution in [3.8, 4) is 0 Å². The number of hydrogen-bond donors (Lipinski definition) is 1. The zero-order valence-electron chi connectivity index (χ0n) is 7.97. The molecule has 0 radical (unpaired) electrons. The average Bonchev–Trinajstić information content (AvgIpc) is 2.72. The van der Waals surface area contributed by atoms with Gasteiger partial charge >= 0.3 is 0 Å². The Balaban J connectivity index is 2.06. The average molecular weight is 204 g/mol. The first-order valence-electron chi connectivity index (χ1n) is 4.56. The van der Waals surface area contributed by atoms with E-state index in [2.05, 4.69) is 34.7 Å². The highest BCUT2D eigenvalue weighted by Gasteiger charge is 2.05. The summed E-state index contributed by atoms with van der Waals surface area (Å²) < 4.78 is 0. The Kier molecular flexibility index (Phi) is 2.79. The molecule has 0 aliphatic rings. The number of aromatic nitrogens is 1. The van der Waals surface area contributed by atoms with Gasteiger partial charge in [0.25, 0.3) is 0 Å². The molecule has 1 aromatic heterocycles. The van der Waals surface area contributed by atoms with Gasteiger partial charge in [0.2, 0.25) is 0 Å². The van der Waals surface area contributed by atoms with Crippen molar-refractivity contribution >= 4 is 17.0 Å². The number of rotatable bonds is 3. The van der Waals surface area contributed by atoms with Gasteiger partial charge in [0.05, 0.1) is 17.2 Å². The van der Waals surface area contributed by atoms with Gasteiger partial charge in [0.15, 0.2) is 0 Å². The van der Waals surface area contributed by atoms with Crippen LogP contribution in [0.25, 0.3) is 0 Å². The molecule has 0 bridgehead atoms. The van der Waals surface area contributed by atoms with Gasteiger partial charge in [0, 0.05) is 11.1 Å². The summed E-state index contributed by atoms with van der Waals surface area (Å²) in [7, 11) is 0. The van der Waals surface area contributed by atoms with Gasteiger partial charge < -0.3 is 5.32 Å². The van der Waals surface area contributed by atoms with Crippen LogP contribution in [0.5, 0.6) is 0 Å². The highest BCUT2D eigenvalue weighted by molar-refractivity contribution is 7.07. The van der Waals surface area contributed by atoms with Crippen LogP contribution in [0.15, 0.2) is 41.2 Å². The molecule has 0 amide bonds. The maximum atomic E-state index is 4.27. The van der Waals surface area contributed by atoms with Gasteiger partial charge in [-0.2, -0.15) is 0 Å². The molecule has 1 aromatic carbocycles. The third-order valence-electron chi connectivity index (χ3n) is 2.05. The van der Waals surface area contributed by atoms with Crippen molar-refractivity contribution in [1.29, 1.82) is 0 Å². The molecule has 0 saturated carbocycles. The van der Waals surface area contributed by atoms with E-state index < -0.39 is 0 Å². The number of hydrogen-bond acceptors (Lipinski definition) is 3. The normalized spacial score (nSPS) is 12.4. The predicted octanol–water partition coefficient (Wildman–Crippen LogP) is 3.32. The Morgan fingerprint density at radius 3 is 2.71 bits per heavy atom. The van der Waals surface area contributed by atoms with Gasteiger partial charge in [0.1, 0.15) is 0 Å². The van der Waals surface area contributed by atoms with Crippen LogP contribution in [-0.4, -0.2) is 4.98 Å². The Morgan fingerprint density at radius 2 is 2.07 bits per heavy atom. The van der Waals surface area contributed by atoms with Crippen LogP contribution >= 0.6 is 11.3 Å². The molecule has 0 fully saturated rings. The van der Waals surface area contributed by atoms with Crippen molar-refractivity contribution in [2.75, 3.05) is 5.32 Å². The molecule has 3 heteroatoms. The van der Waals surface area contributed by atoms with Crippen molar-refractivity contribution in [3.05, 3.63) is 46.9 Å². The standard InChI is InChI=1S/C11H12N2S/c1-9(11-7-14-8-12-11)13-10-5-3-2-4-6-10/h2-9,13H,1H3. The summed E-state index contributed by atoms with van der Waals surface area (Å²) in [6, 6.07) is 10.4. The smallest absolute Gasteiger partial charge is 0.0795 e. The third kappa shape index (κ3) is 2.12. The number of para-hydroxylation sites is 1. The summed E-state index contributed by atoms with van der Waals surface area (Å²) in [6.07, 6.45) is 0. The number of benzene rings is 1. The number of nitrogens with one attached hydrogen (secondary N) is 1. The van der Waals surface area contributed by atoms with E-state index in [1.165, 1.54) is 0 Å². The predicted molar refractivity (Wildman–Crippen MR) is 60.6 cm³/mol. The monoisotopic (exact) mass is 204 g/mol. The van der Waals surface area contributed by atoms with Crippen molar-refractivity contribution in [1.82, 2.24) is 4.98 Å². The molecule has 2 rings (SSSR count). The van der Waals surface area contributed by atoms with E-state index in [0.717, 1.165) is 11.4 Å². The van der Waals surface area contributed by atoms with Crippen LogP contribution in [0.4, 0.5) is 5.69 Å². The van der Waals surface area contributed by atoms with Crippen LogP contribution in [0, 0.1) is 0 Å². The summed E-state index contributed by atoms with van der Waals surface area (Å²) in [5.41, 5.74) is 4.09. The minimum atomic E-state index is 0.267. The fourth-order valence-electron chi connectivity index (χ4n) is 1.29. The second-order valence-electron chi connectivity index (χ2n) is 3.15. The molecule has 1 N–H and O–H groups in total. The molecular formula is C11H12N2S. The van der Waals surface area contributed by atoms with Crippen LogP contribution in [-0.2, 0) is 0 Å². The molecule has 2 nitrogen and oxygen atoms in total. The van der Waals surface area contributed by atoms with E-state index in [-0.39, 0.29) is 6.04 Å². The molecule has 0 aliphatic carbocycles. The lowest BCUT2D eigenvalue weighted by molar-refractivity contribution is 0.850. The molecule has 1 heterocycles. The lowest BCUT2D eigenvalue weighted by Gasteiger charge is -2.12. The minimum Gasteiger partial charge on any atom is -0.377 e. The molecule has 2 aromatic rings. The SMILES string of the molecule is CC(Nc1ccccc1)c1cscn1. The summed E-state index contributed by atoms with van der Waals surface area (Å²) in [4.78, 5) is 4.27. The second-order valence-corrected chi connectivity index (χ2v) is 3.86. The second kappa shape index (κ2) is 4.24. The topological polar surface area (TPSA) is 24.9 Å². The molecule has 14 heavy (non-hydrogen) atoms. The summed E-state index contributed by atoms with van der Waals surface area (Å²) in [5, 5.41) is 5.46. The lowest BCUT2D eigenvalue weighted by atomic mass is 10.2. The first-order chi connectivity index (χ1) is 6.86. The number of nitrogens with zero attached hydrogens (tertiary/aromatic N) is 1. The third-order valence-corrected chi connectivity index (χ3v) is 2.66. The number of thiazole rings is 1. The summed E-state index contributed by atoms with van der Waals surface area (Å²) in [5.74, 6) is 0. The molecule has 1 atom stereocenters. The molecule has 72 valence electrons. The van der Waals surface area contributed by atoms with Gasteiger partial charge in [-0.05, 0) is 19.1 Å². The van der Waals surface area contributed by atoms with E-state index in [4.69, 9.17) is 0 Å². The van der Waals surface area contributed by atoms with E-state index in [0.29, 0.717) is 0 Å². The van der Waals surface area contributed by atoms with Crippen LogP contribution < -0.4 is 5.32 Å². The van der Waals surface area contributed by atoms with E-state index in [9.17, 15) is 0 Å². The molecule has 0 aliphatic heterocycles. The van der Waals surface area contributed by atoms with Crippen molar-refractivity contribution in [2.45, 2.75) is 13.0 Å². The quantitative estimate of drug-likeness (QED) is 0.829. The minimum absolute atomic E-state index is 0.267. The maximum Gasteiger partial charge on any atom is 0.0795 e. The molecule has 1 unspecified atom stereocenters. The van der Waals surface area contributed by atoms with Gasteiger partial charge in [-0.3, -0.25) is 0 Å². The lowest BCUT2D eigenvalue weighted by Crippen LogP contribution is -2.06. The van der Waals surface area contributed by atoms with E-state index in [1.807, 2.05) is 23.7 Å². The Hall–Kier alpha value is -1.35. The largest absolute Gasteiger partial charge is 0.377 e. The maximum absolute atomic E-state index is 4.27. The Morgan fingerprint density at radius 1 is 1.29 bits per heavy atom. The van der Waals surface area contributed by atoms with Gasteiger partial charge in [-0.25, -0.2) is 4.98 Å². The van der Waals surface area contributed by atoms with Gasteiger partial charge in [-0.15, -0.1) is 11.3 Å². The number of anilines is 1. The van der Waals surface area contributed by atoms with E-state index in [1.54, 1.807) is 11.3 Å². The first kappa shape index (κ1) is 9.21. The fourth-order valence-corrected chi connectivity index (χ4v) is 1.94. The highest BCUT2D eigenvalue weighted by atomic mass is 32.1. The zero-order chi connectivity index (χ0) is 9.80. The van der Waals surface area contributed by atoms with E-state index >= 15 is 0 Å². The van der Waals surface area contributed by atoms with Crippen LogP contribution in [0.1, 0.15) is 18.7 Å². The molecular weight excluding hydrogens is 192 g/mol. The zero-order valence-corrected chi connectivity index (χ0v) is 8.79. The van der Waals surface area contributed by atoms with Crippen molar-refractivity contribution < 1.29 is 0 Å².